The van der Waals surface area contributed by atoms with Crippen LogP contribution in [0.3, 0.4) is 0 Å². The minimum absolute atomic E-state index is 0.0459. The first kappa shape index (κ1) is 15.4. The van der Waals surface area contributed by atoms with E-state index in [4.69, 9.17) is 5.11 Å². The maximum absolute atomic E-state index is 8.97. The molecule has 0 amide bonds. The maximum atomic E-state index is 8.97. The van der Waals surface area contributed by atoms with E-state index in [9.17, 15) is 0 Å². The molecule has 2 rings (SSSR count). The lowest BCUT2D eigenvalue weighted by molar-refractivity contribution is -0.425. The summed E-state index contributed by atoms with van der Waals surface area (Å²) in [4.78, 5) is 0. The molecule has 0 aliphatic rings. The van der Waals surface area contributed by atoms with Crippen LogP contribution in [0.15, 0.2) is 69.2 Å². The largest absolute Gasteiger partial charge is 0.395 e. The summed E-state index contributed by atoms with van der Waals surface area (Å²) < 4.78 is 3.61. The summed E-state index contributed by atoms with van der Waals surface area (Å²) in [6.07, 6.45) is 4.98. The molecule has 2 aromatic heterocycles. The van der Waals surface area contributed by atoms with E-state index in [0.717, 1.165) is 0 Å². The van der Waals surface area contributed by atoms with Crippen LogP contribution in [-0.4, -0.2) is 22.6 Å². The van der Waals surface area contributed by atoms with Crippen molar-refractivity contribution in [1.82, 2.24) is 4.57 Å². The van der Waals surface area contributed by atoms with E-state index >= 15 is 0 Å². The molecule has 0 fully saturated rings. The molecule has 0 radical (unpaired) electrons. The topological polar surface area (TPSA) is 78.5 Å². The lowest BCUT2D eigenvalue weighted by atomic mass is 10.4. The Morgan fingerprint density at radius 2 is 2.10 bits per heavy atom. The Hall–Kier alpha value is -1.94. The number of azo groups is 1. The minimum Gasteiger partial charge on any atom is -0.395 e. The van der Waals surface area contributed by atoms with Gasteiger partial charge in [-0.25, -0.2) is 0 Å². The fraction of sp³-hybridized carbons (Fsp3) is 0.154. The molecule has 1 N–H and O–H groups in total. The van der Waals surface area contributed by atoms with Crippen LogP contribution in [0.25, 0.3) is 0 Å². The number of rotatable bonds is 5. The highest BCUT2D eigenvalue weighted by molar-refractivity contribution is 14.1. The van der Waals surface area contributed by atoms with Gasteiger partial charge in [-0.1, -0.05) is 12.1 Å². The number of nitrogens with zero attached hydrogens (tertiary/aromatic N) is 6. The van der Waals surface area contributed by atoms with E-state index in [1.807, 2.05) is 45.5 Å². The van der Waals surface area contributed by atoms with Crippen LogP contribution in [0.1, 0.15) is 0 Å². The Labute approximate surface area is 135 Å². The summed E-state index contributed by atoms with van der Waals surface area (Å²) in [6, 6.07) is 11.2. The number of hydrogen-bond acceptors (Lipinski definition) is 4. The van der Waals surface area contributed by atoms with Crippen molar-refractivity contribution < 1.29 is 7.89 Å². The predicted molar refractivity (Wildman–Crippen MR) is 86.1 cm³/mol. The monoisotopic (exact) mass is 397 g/mol. The maximum Gasteiger partial charge on any atom is 0.359 e. The van der Waals surface area contributed by atoms with Crippen LogP contribution in [0.4, 0.5) is 5.82 Å². The zero-order chi connectivity index (χ0) is 14.9. The van der Waals surface area contributed by atoms with E-state index in [1.165, 1.54) is 6.34 Å². The second-order valence-corrected chi connectivity index (χ2v) is 4.93. The molecule has 0 saturated carbocycles. The van der Waals surface area contributed by atoms with Crippen LogP contribution in [0.5, 0.6) is 0 Å². The van der Waals surface area contributed by atoms with Crippen LogP contribution >= 0.6 is 22.9 Å². The zero-order valence-corrected chi connectivity index (χ0v) is 13.3. The molecule has 0 aromatic carbocycles. The number of aliphatic hydroxyl groups excluding tert-OH is 1. The molecule has 2 aromatic rings. The normalized spacial score (nSPS) is 12.6. The summed E-state index contributed by atoms with van der Waals surface area (Å²) in [5.41, 5.74) is 0.640. The quantitative estimate of drug-likeness (QED) is 0.269. The smallest absolute Gasteiger partial charge is 0.359 e. The number of aliphatic hydroxyl groups is 1. The van der Waals surface area contributed by atoms with Gasteiger partial charge >= 0.3 is 5.82 Å². The molecule has 0 spiro atoms. The fourth-order valence-electron chi connectivity index (χ4n) is 1.54. The van der Waals surface area contributed by atoms with Crippen molar-refractivity contribution in [3.63, 3.8) is 0 Å². The van der Waals surface area contributed by atoms with E-state index in [2.05, 4.69) is 43.3 Å². The second-order valence-electron chi connectivity index (χ2n) is 3.89. The third-order valence-electron chi connectivity index (χ3n) is 2.47. The van der Waals surface area contributed by atoms with Crippen molar-refractivity contribution in [3.8, 4) is 0 Å². The molecule has 0 aliphatic heterocycles. The van der Waals surface area contributed by atoms with E-state index in [1.54, 1.807) is 10.6 Å². The first-order chi connectivity index (χ1) is 10.3. The van der Waals surface area contributed by atoms with Gasteiger partial charge < -0.3 is 9.67 Å². The summed E-state index contributed by atoms with van der Waals surface area (Å²) in [5.74, 6) is 0.708. The van der Waals surface area contributed by atoms with E-state index < -0.39 is 0 Å². The standard InChI is InChI=1S/C13H14IN6O/c14-20-8-4-2-6-13(20)18-16-11-15-17-12-5-1-3-7-19(12)9-10-21/h1-8,11,21H,9-10H2/q+1. The van der Waals surface area contributed by atoms with Gasteiger partial charge in [-0.3, -0.25) is 0 Å². The molecule has 0 aliphatic carbocycles. The van der Waals surface area contributed by atoms with Gasteiger partial charge in [-0.05, 0) is 23.3 Å². The first-order valence-corrected chi connectivity index (χ1v) is 7.17. The van der Waals surface area contributed by atoms with Crippen molar-refractivity contribution in [1.29, 1.82) is 0 Å². The van der Waals surface area contributed by atoms with Crippen molar-refractivity contribution in [2.45, 2.75) is 6.54 Å². The summed E-state index contributed by atoms with van der Waals surface area (Å²) in [6.45, 7) is 0.514. The number of pyridine rings is 2. The summed E-state index contributed by atoms with van der Waals surface area (Å²) in [5, 5.41) is 24.7. The Bertz CT molecular complexity index is 710. The molecule has 7 nitrogen and oxygen atoms in total. The highest BCUT2D eigenvalue weighted by Gasteiger charge is 2.03. The predicted octanol–water partition coefficient (Wildman–Crippen LogP) is 1.59. The van der Waals surface area contributed by atoms with Gasteiger partial charge in [0.25, 0.3) is 0 Å². The van der Waals surface area contributed by atoms with Gasteiger partial charge in [0, 0.05) is 18.8 Å². The third kappa shape index (κ3) is 4.83. The Balaban J connectivity index is 2.09. The zero-order valence-electron chi connectivity index (χ0n) is 11.1. The molecule has 21 heavy (non-hydrogen) atoms. The Morgan fingerprint density at radius 1 is 1.24 bits per heavy atom. The summed E-state index contributed by atoms with van der Waals surface area (Å²) in [7, 11) is 0. The molecular weight excluding hydrogens is 383 g/mol. The molecule has 2 heterocycles. The molecule has 0 saturated heterocycles. The van der Waals surface area contributed by atoms with Crippen LogP contribution in [0.2, 0.25) is 0 Å². The number of hydrogen-bond donors (Lipinski definition) is 1. The SMILES string of the molecule is OCCn1cccc\c1=N/N=C/N=N/c1cccc[n+]1I. The second kappa shape index (κ2) is 8.37. The molecule has 8 heteroatoms. The average Bonchev–Trinajstić information content (AvgIpc) is 2.50. The highest BCUT2D eigenvalue weighted by Crippen LogP contribution is 2.04. The van der Waals surface area contributed by atoms with E-state index in [-0.39, 0.29) is 6.61 Å². The van der Waals surface area contributed by atoms with Gasteiger partial charge in [-0.2, -0.15) is 2.78 Å². The fourth-order valence-corrected chi connectivity index (χ4v) is 1.98. The van der Waals surface area contributed by atoms with Gasteiger partial charge in [-0.15, -0.1) is 10.2 Å². The summed E-state index contributed by atoms with van der Waals surface area (Å²) >= 11 is 2.11. The van der Waals surface area contributed by atoms with Crippen molar-refractivity contribution in [3.05, 3.63) is 54.3 Å². The molecule has 0 atom stereocenters. The minimum atomic E-state index is 0.0459. The van der Waals surface area contributed by atoms with E-state index in [0.29, 0.717) is 17.9 Å². The Morgan fingerprint density at radius 3 is 2.90 bits per heavy atom. The average molecular weight is 397 g/mol. The highest BCUT2D eigenvalue weighted by atomic mass is 127. The molecule has 108 valence electrons. The molecule has 0 bridgehead atoms. The van der Waals surface area contributed by atoms with Gasteiger partial charge in [0.05, 0.1) is 11.7 Å². The number of halogens is 1. The van der Waals surface area contributed by atoms with Gasteiger partial charge in [0.2, 0.25) is 22.9 Å². The van der Waals surface area contributed by atoms with Crippen molar-refractivity contribution in [2.75, 3.05) is 6.61 Å². The number of aromatic nitrogens is 2. The van der Waals surface area contributed by atoms with Crippen LogP contribution in [-0.2, 0) is 6.54 Å². The third-order valence-corrected chi connectivity index (χ3v) is 3.29. The first-order valence-electron chi connectivity index (χ1n) is 6.21. The molecule has 0 unspecified atom stereocenters. The van der Waals surface area contributed by atoms with Crippen LogP contribution < -0.4 is 8.27 Å². The van der Waals surface area contributed by atoms with Gasteiger partial charge in [0.15, 0.2) is 11.8 Å². The van der Waals surface area contributed by atoms with Crippen molar-refractivity contribution >= 4 is 35.0 Å². The lowest BCUT2D eigenvalue weighted by Gasteiger charge is -2.02. The van der Waals surface area contributed by atoms with Gasteiger partial charge in [0.1, 0.15) is 6.20 Å². The van der Waals surface area contributed by atoms with Crippen LogP contribution in [0, 0.1) is 0 Å². The van der Waals surface area contributed by atoms with Crippen molar-refractivity contribution in [2.24, 2.45) is 20.4 Å². The molecular formula is C13H14IN6O+. The Kier molecular flexibility index (Phi) is 6.16. The lowest BCUT2D eigenvalue weighted by Crippen LogP contribution is -2.20.